The number of amides is 1. The number of nitrogens with one attached hydrogen (secondary N) is 1. The smallest absolute Gasteiger partial charge is 0.255 e. The van der Waals surface area contributed by atoms with E-state index in [1.807, 2.05) is 6.92 Å². The quantitative estimate of drug-likeness (QED) is 0.779. The van der Waals surface area contributed by atoms with Crippen LogP contribution in [0.4, 0.5) is 4.39 Å². The minimum Gasteiger partial charge on any atom is -0.483 e. The Labute approximate surface area is 106 Å². The minimum absolute atomic E-state index is 0.0217. The topological polar surface area (TPSA) is 64.3 Å². The molecule has 1 aromatic rings. The number of primary amides is 1. The summed E-state index contributed by atoms with van der Waals surface area (Å²) < 4.78 is 18.4. The highest BCUT2D eigenvalue weighted by molar-refractivity contribution is 5.75. The Morgan fingerprint density at radius 3 is 2.89 bits per heavy atom. The first-order valence-corrected chi connectivity index (χ1v) is 5.98. The van der Waals surface area contributed by atoms with E-state index < -0.39 is 11.7 Å². The Kier molecular flexibility index (Phi) is 5.58. The number of nitrogens with two attached hydrogens (primary N) is 1. The summed E-state index contributed by atoms with van der Waals surface area (Å²) in [7, 11) is 0. The number of rotatable bonds is 7. The Morgan fingerprint density at radius 2 is 2.28 bits per heavy atom. The molecule has 4 nitrogen and oxygen atoms in total. The van der Waals surface area contributed by atoms with Crippen molar-refractivity contribution in [3.05, 3.63) is 29.6 Å². The van der Waals surface area contributed by atoms with Crippen molar-refractivity contribution in [2.24, 2.45) is 5.73 Å². The number of carbonyl (C=O) groups excluding carboxylic acids is 1. The first-order chi connectivity index (χ1) is 8.54. The third kappa shape index (κ3) is 4.33. The average Bonchev–Trinajstić information content (AvgIpc) is 2.33. The van der Waals surface area contributed by atoms with Crippen molar-refractivity contribution in [3.63, 3.8) is 0 Å². The van der Waals surface area contributed by atoms with Gasteiger partial charge in [-0.25, -0.2) is 4.39 Å². The summed E-state index contributed by atoms with van der Waals surface area (Å²) in [6.07, 6.45) is 1.00. The highest BCUT2D eigenvalue weighted by atomic mass is 19.1. The SMILES string of the molecule is CCCNC(C)c1ccc(F)cc1OCC(N)=O. The number of hydrogen-bond donors (Lipinski definition) is 2. The van der Waals surface area contributed by atoms with E-state index in [1.54, 1.807) is 6.07 Å². The van der Waals surface area contributed by atoms with Crippen molar-refractivity contribution in [1.29, 1.82) is 0 Å². The number of ether oxygens (including phenoxy) is 1. The molecule has 1 amide bonds. The van der Waals surface area contributed by atoms with Gasteiger partial charge in [0.1, 0.15) is 11.6 Å². The third-order valence-electron chi connectivity index (χ3n) is 2.51. The molecule has 0 saturated heterocycles. The van der Waals surface area contributed by atoms with Crippen LogP contribution in [0, 0.1) is 5.82 Å². The van der Waals surface area contributed by atoms with E-state index in [-0.39, 0.29) is 12.6 Å². The van der Waals surface area contributed by atoms with E-state index >= 15 is 0 Å². The van der Waals surface area contributed by atoms with Crippen LogP contribution in [0.1, 0.15) is 31.9 Å². The second-order valence-corrected chi connectivity index (χ2v) is 4.11. The molecule has 0 heterocycles. The minimum atomic E-state index is -0.584. The summed E-state index contributed by atoms with van der Waals surface area (Å²) in [5, 5.41) is 3.28. The molecule has 0 aromatic heterocycles. The van der Waals surface area contributed by atoms with Crippen LogP contribution >= 0.6 is 0 Å². The van der Waals surface area contributed by atoms with Gasteiger partial charge in [0.15, 0.2) is 6.61 Å². The number of halogens is 1. The molecule has 0 spiro atoms. The van der Waals surface area contributed by atoms with Gasteiger partial charge in [-0.3, -0.25) is 4.79 Å². The Hall–Kier alpha value is -1.62. The van der Waals surface area contributed by atoms with Crippen LogP contribution in [0.3, 0.4) is 0 Å². The molecule has 3 N–H and O–H groups in total. The zero-order valence-corrected chi connectivity index (χ0v) is 10.7. The normalized spacial score (nSPS) is 12.2. The maximum Gasteiger partial charge on any atom is 0.255 e. The van der Waals surface area contributed by atoms with E-state index in [0.717, 1.165) is 18.5 Å². The predicted octanol–water partition coefficient (Wildman–Crippen LogP) is 1.75. The Morgan fingerprint density at radius 1 is 1.56 bits per heavy atom. The van der Waals surface area contributed by atoms with Crippen LogP contribution in [-0.4, -0.2) is 19.1 Å². The molecule has 1 unspecified atom stereocenters. The van der Waals surface area contributed by atoms with Crippen LogP contribution in [0.2, 0.25) is 0 Å². The van der Waals surface area contributed by atoms with Crippen LogP contribution in [0.25, 0.3) is 0 Å². The molecular weight excluding hydrogens is 235 g/mol. The first-order valence-electron chi connectivity index (χ1n) is 5.98. The van der Waals surface area contributed by atoms with Crippen molar-refractivity contribution in [2.75, 3.05) is 13.2 Å². The van der Waals surface area contributed by atoms with Crippen molar-refractivity contribution >= 4 is 5.91 Å². The summed E-state index contributed by atoms with van der Waals surface area (Å²) in [6, 6.07) is 4.31. The molecule has 1 aromatic carbocycles. The van der Waals surface area contributed by atoms with E-state index in [0.29, 0.717) is 5.75 Å². The maximum absolute atomic E-state index is 13.2. The Balaban J connectivity index is 2.84. The van der Waals surface area contributed by atoms with Gasteiger partial charge in [0.05, 0.1) is 0 Å². The van der Waals surface area contributed by atoms with Crippen molar-refractivity contribution in [3.8, 4) is 5.75 Å². The lowest BCUT2D eigenvalue weighted by atomic mass is 10.1. The lowest BCUT2D eigenvalue weighted by molar-refractivity contribution is -0.119. The van der Waals surface area contributed by atoms with Crippen molar-refractivity contribution < 1.29 is 13.9 Å². The molecule has 0 radical (unpaired) electrons. The highest BCUT2D eigenvalue weighted by Crippen LogP contribution is 2.26. The maximum atomic E-state index is 13.2. The number of benzene rings is 1. The van der Waals surface area contributed by atoms with Gasteiger partial charge in [-0.05, 0) is 26.0 Å². The summed E-state index contributed by atoms with van der Waals surface area (Å²) in [5.41, 5.74) is 5.82. The van der Waals surface area contributed by atoms with Gasteiger partial charge in [0.25, 0.3) is 5.91 Å². The zero-order valence-electron chi connectivity index (χ0n) is 10.7. The standard InChI is InChI=1S/C13H19FN2O2/c1-3-6-16-9(2)11-5-4-10(14)7-12(11)18-8-13(15)17/h4-5,7,9,16H,3,6,8H2,1-2H3,(H2,15,17). The molecule has 5 heteroatoms. The average molecular weight is 254 g/mol. The molecule has 0 aliphatic heterocycles. The van der Waals surface area contributed by atoms with E-state index in [4.69, 9.17) is 10.5 Å². The number of hydrogen-bond acceptors (Lipinski definition) is 3. The van der Waals surface area contributed by atoms with Gasteiger partial charge in [-0.1, -0.05) is 13.0 Å². The van der Waals surface area contributed by atoms with E-state index in [9.17, 15) is 9.18 Å². The molecular formula is C13H19FN2O2. The summed E-state index contributed by atoms with van der Waals surface area (Å²) >= 11 is 0. The van der Waals surface area contributed by atoms with Gasteiger partial charge in [0.2, 0.25) is 0 Å². The second-order valence-electron chi connectivity index (χ2n) is 4.11. The predicted molar refractivity (Wildman–Crippen MR) is 67.8 cm³/mol. The molecule has 18 heavy (non-hydrogen) atoms. The fourth-order valence-corrected chi connectivity index (χ4v) is 1.61. The summed E-state index contributed by atoms with van der Waals surface area (Å²) in [6.45, 7) is 4.62. The van der Waals surface area contributed by atoms with E-state index in [1.165, 1.54) is 12.1 Å². The van der Waals surface area contributed by atoms with E-state index in [2.05, 4.69) is 12.2 Å². The van der Waals surface area contributed by atoms with Crippen LogP contribution in [0.5, 0.6) is 5.75 Å². The monoisotopic (exact) mass is 254 g/mol. The van der Waals surface area contributed by atoms with Gasteiger partial charge >= 0.3 is 0 Å². The number of carbonyl (C=O) groups is 1. The molecule has 100 valence electrons. The molecule has 0 fully saturated rings. The van der Waals surface area contributed by atoms with Crippen LogP contribution < -0.4 is 15.8 Å². The summed E-state index contributed by atoms with van der Waals surface area (Å²) in [5.74, 6) is -0.634. The van der Waals surface area contributed by atoms with Gasteiger partial charge in [-0.15, -0.1) is 0 Å². The molecule has 0 aliphatic carbocycles. The van der Waals surface area contributed by atoms with Gasteiger partial charge < -0.3 is 15.8 Å². The molecule has 1 rings (SSSR count). The van der Waals surface area contributed by atoms with Crippen molar-refractivity contribution in [2.45, 2.75) is 26.3 Å². The third-order valence-corrected chi connectivity index (χ3v) is 2.51. The fraction of sp³-hybridized carbons (Fsp3) is 0.462. The highest BCUT2D eigenvalue weighted by Gasteiger charge is 2.12. The van der Waals surface area contributed by atoms with Gasteiger partial charge in [0, 0.05) is 17.7 Å². The lowest BCUT2D eigenvalue weighted by Gasteiger charge is -2.17. The molecule has 0 bridgehead atoms. The first kappa shape index (κ1) is 14.4. The lowest BCUT2D eigenvalue weighted by Crippen LogP contribution is -2.23. The van der Waals surface area contributed by atoms with Gasteiger partial charge in [-0.2, -0.15) is 0 Å². The molecule has 0 saturated carbocycles. The zero-order chi connectivity index (χ0) is 13.5. The molecule has 1 atom stereocenters. The Bertz CT molecular complexity index is 410. The van der Waals surface area contributed by atoms with Crippen molar-refractivity contribution in [1.82, 2.24) is 5.32 Å². The summed E-state index contributed by atoms with van der Waals surface area (Å²) in [4.78, 5) is 10.7. The van der Waals surface area contributed by atoms with Crippen LogP contribution in [-0.2, 0) is 4.79 Å². The molecule has 0 aliphatic rings. The largest absolute Gasteiger partial charge is 0.483 e. The fourth-order valence-electron chi connectivity index (χ4n) is 1.61. The van der Waals surface area contributed by atoms with Crippen LogP contribution in [0.15, 0.2) is 18.2 Å². The second kappa shape index (κ2) is 6.96.